The maximum atomic E-state index is 12.6. The third-order valence-corrected chi connectivity index (χ3v) is 4.31. The normalized spacial score (nSPS) is 19.2. The average molecular weight is 356 g/mol. The zero-order valence-corrected chi connectivity index (χ0v) is 15.2. The van der Waals surface area contributed by atoms with Gasteiger partial charge in [0.15, 0.2) is 5.78 Å². The maximum Gasteiger partial charge on any atom is 0.170 e. The van der Waals surface area contributed by atoms with E-state index in [4.69, 9.17) is 4.74 Å². The van der Waals surface area contributed by atoms with Gasteiger partial charge in [-0.3, -0.25) is 9.59 Å². The number of carbonyl (C=O) groups is 2. The number of phenols is 1. The molecule has 0 radical (unpaired) electrons. The van der Waals surface area contributed by atoms with Crippen molar-refractivity contribution in [1.29, 1.82) is 0 Å². The molecule has 1 aliphatic carbocycles. The lowest BCUT2D eigenvalue weighted by Crippen LogP contribution is -2.32. The van der Waals surface area contributed by atoms with Gasteiger partial charge in [0.05, 0.1) is 25.6 Å². The van der Waals surface area contributed by atoms with Gasteiger partial charge in [0.1, 0.15) is 17.3 Å². The second-order valence-electron chi connectivity index (χ2n) is 6.52. The highest BCUT2D eigenvalue weighted by atomic mass is 16.5. The van der Waals surface area contributed by atoms with Crippen LogP contribution in [0.1, 0.15) is 37.0 Å². The fourth-order valence-corrected chi connectivity index (χ4v) is 2.81. The van der Waals surface area contributed by atoms with Gasteiger partial charge >= 0.3 is 0 Å². The highest BCUT2D eigenvalue weighted by molar-refractivity contribution is 6.09. The summed E-state index contributed by atoms with van der Waals surface area (Å²) < 4.78 is 5.30. The minimum atomic E-state index is -1.02. The predicted molar refractivity (Wildman–Crippen MR) is 98.8 cm³/mol. The summed E-state index contributed by atoms with van der Waals surface area (Å²) in [5, 5.41) is 19.9. The Bertz CT molecular complexity index is 764. The first-order valence-electron chi connectivity index (χ1n) is 8.45. The third-order valence-electron chi connectivity index (χ3n) is 4.31. The SMILES string of the molecule is COC1=C(CC=C(C)C)C(O)C(C(=O)CC(=O)c2ccc(O)cc2)C=C1. The molecule has 0 bridgehead atoms. The van der Waals surface area contributed by atoms with Gasteiger partial charge in [0.2, 0.25) is 0 Å². The number of methoxy groups -OCH3 is 1. The molecule has 0 spiro atoms. The molecule has 1 aromatic rings. The topological polar surface area (TPSA) is 83.8 Å². The van der Waals surface area contributed by atoms with Gasteiger partial charge in [-0.15, -0.1) is 0 Å². The molecular weight excluding hydrogens is 332 g/mol. The second-order valence-corrected chi connectivity index (χ2v) is 6.52. The number of rotatable bonds is 7. The molecule has 26 heavy (non-hydrogen) atoms. The molecule has 1 aliphatic rings. The van der Waals surface area contributed by atoms with Crippen molar-refractivity contribution in [3.63, 3.8) is 0 Å². The minimum Gasteiger partial charge on any atom is -0.508 e. The van der Waals surface area contributed by atoms with Crippen molar-refractivity contribution in [1.82, 2.24) is 0 Å². The first-order valence-corrected chi connectivity index (χ1v) is 8.45. The van der Waals surface area contributed by atoms with Crippen LogP contribution in [0.25, 0.3) is 0 Å². The molecule has 1 aromatic carbocycles. The highest BCUT2D eigenvalue weighted by Crippen LogP contribution is 2.29. The number of aliphatic hydroxyl groups excluding tert-OH is 1. The van der Waals surface area contributed by atoms with Crippen LogP contribution in [0.5, 0.6) is 5.75 Å². The van der Waals surface area contributed by atoms with Crippen LogP contribution in [0.3, 0.4) is 0 Å². The summed E-state index contributed by atoms with van der Waals surface area (Å²) in [5.74, 6) is -0.876. The molecule has 0 fully saturated rings. The van der Waals surface area contributed by atoms with Gasteiger partial charge < -0.3 is 14.9 Å². The summed E-state index contributed by atoms with van der Waals surface area (Å²) in [6, 6.07) is 5.75. The Labute approximate surface area is 153 Å². The van der Waals surface area contributed by atoms with E-state index in [0.717, 1.165) is 5.57 Å². The van der Waals surface area contributed by atoms with E-state index in [1.165, 1.54) is 31.4 Å². The third kappa shape index (κ3) is 4.70. The summed E-state index contributed by atoms with van der Waals surface area (Å²) in [4.78, 5) is 24.9. The van der Waals surface area contributed by atoms with Gasteiger partial charge in [-0.1, -0.05) is 17.7 Å². The van der Waals surface area contributed by atoms with Gasteiger partial charge in [-0.05, 0) is 50.6 Å². The van der Waals surface area contributed by atoms with Crippen molar-refractivity contribution in [2.24, 2.45) is 5.92 Å². The number of ketones is 2. The molecule has 0 saturated carbocycles. The predicted octanol–water partition coefficient (Wildman–Crippen LogP) is 3.34. The molecule has 0 amide bonds. The Morgan fingerprint density at radius 3 is 2.42 bits per heavy atom. The zero-order chi connectivity index (χ0) is 19.3. The average Bonchev–Trinajstić information content (AvgIpc) is 2.60. The first kappa shape index (κ1) is 19.7. The van der Waals surface area contributed by atoms with E-state index in [1.54, 1.807) is 12.2 Å². The molecule has 5 heteroatoms. The first-order chi connectivity index (χ1) is 12.3. The Morgan fingerprint density at radius 2 is 1.85 bits per heavy atom. The van der Waals surface area contributed by atoms with E-state index in [1.807, 2.05) is 19.9 Å². The molecule has 5 nitrogen and oxygen atoms in total. The molecule has 2 N–H and O–H groups in total. The fraction of sp³-hybridized carbons (Fsp3) is 0.333. The van der Waals surface area contributed by atoms with E-state index in [2.05, 4.69) is 0 Å². The number of aliphatic hydroxyl groups is 1. The monoisotopic (exact) mass is 356 g/mol. The van der Waals surface area contributed by atoms with Gasteiger partial charge in [0.25, 0.3) is 0 Å². The molecule has 0 saturated heterocycles. The Kier molecular flexibility index (Phi) is 6.52. The number of allylic oxidation sites excluding steroid dienone is 3. The molecule has 2 atom stereocenters. The van der Waals surface area contributed by atoms with Crippen molar-refractivity contribution < 1.29 is 24.5 Å². The van der Waals surface area contributed by atoms with Crippen molar-refractivity contribution in [2.75, 3.05) is 7.11 Å². The van der Waals surface area contributed by atoms with Gasteiger partial charge in [0, 0.05) is 11.1 Å². The Hall–Kier alpha value is -2.66. The summed E-state index contributed by atoms with van der Waals surface area (Å²) >= 11 is 0. The molecule has 0 heterocycles. The number of hydrogen-bond acceptors (Lipinski definition) is 5. The van der Waals surface area contributed by atoms with Gasteiger partial charge in [-0.25, -0.2) is 0 Å². The molecule has 2 unspecified atom stereocenters. The van der Waals surface area contributed by atoms with Crippen LogP contribution in [-0.4, -0.2) is 35.0 Å². The van der Waals surface area contributed by atoms with E-state index in [0.29, 0.717) is 23.3 Å². The van der Waals surface area contributed by atoms with Crippen LogP contribution in [0.15, 0.2) is 59.4 Å². The molecule has 0 aromatic heterocycles. The quantitative estimate of drug-likeness (QED) is 0.445. The number of benzene rings is 1. The van der Waals surface area contributed by atoms with Crippen molar-refractivity contribution in [2.45, 2.75) is 32.8 Å². The Morgan fingerprint density at radius 1 is 1.19 bits per heavy atom. The lowest BCUT2D eigenvalue weighted by Gasteiger charge is -2.26. The number of hydrogen-bond donors (Lipinski definition) is 2. The molecule has 2 rings (SSSR count). The lowest BCUT2D eigenvalue weighted by molar-refractivity contribution is -0.123. The number of aromatic hydroxyl groups is 1. The van der Waals surface area contributed by atoms with Crippen LogP contribution < -0.4 is 0 Å². The largest absolute Gasteiger partial charge is 0.508 e. The number of ether oxygens (including phenoxy) is 1. The van der Waals surface area contributed by atoms with E-state index in [9.17, 15) is 19.8 Å². The van der Waals surface area contributed by atoms with E-state index >= 15 is 0 Å². The van der Waals surface area contributed by atoms with Crippen LogP contribution in [0, 0.1) is 5.92 Å². The van der Waals surface area contributed by atoms with Crippen molar-refractivity contribution in [3.8, 4) is 5.75 Å². The molecule has 0 aliphatic heterocycles. The maximum absolute atomic E-state index is 12.6. The fourth-order valence-electron chi connectivity index (χ4n) is 2.81. The van der Waals surface area contributed by atoms with Gasteiger partial charge in [-0.2, -0.15) is 0 Å². The summed E-state index contributed by atoms with van der Waals surface area (Å²) in [5.41, 5.74) is 2.08. The number of Topliss-reactive ketones (excluding diaryl/α,β-unsaturated/α-hetero) is 2. The lowest BCUT2D eigenvalue weighted by atomic mass is 9.83. The molecule has 138 valence electrons. The van der Waals surface area contributed by atoms with Crippen LogP contribution >= 0.6 is 0 Å². The summed E-state index contributed by atoms with van der Waals surface area (Å²) in [7, 11) is 1.52. The summed E-state index contributed by atoms with van der Waals surface area (Å²) in [6.07, 6.45) is 4.36. The molecular formula is C21H24O5. The van der Waals surface area contributed by atoms with E-state index in [-0.39, 0.29) is 23.7 Å². The van der Waals surface area contributed by atoms with Crippen LogP contribution in [0.4, 0.5) is 0 Å². The van der Waals surface area contributed by atoms with E-state index < -0.39 is 12.0 Å². The van der Waals surface area contributed by atoms with Crippen LogP contribution in [-0.2, 0) is 9.53 Å². The van der Waals surface area contributed by atoms with Crippen molar-refractivity contribution >= 4 is 11.6 Å². The number of carbonyl (C=O) groups excluding carboxylic acids is 2. The Balaban J connectivity index is 2.13. The number of phenolic OH excluding ortho intramolecular Hbond substituents is 1. The standard InChI is InChI=1S/C21H24O5/c1-13(2)4-9-17-20(26-3)11-10-16(21(17)25)19(24)12-18(23)14-5-7-15(22)8-6-14/h4-8,10-11,16,21-22,25H,9,12H2,1-3H3. The van der Waals surface area contributed by atoms with Crippen LogP contribution in [0.2, 0.25) is 0 Å². The second kappa shape index (κ2) is 8.63. The summed E-state index contributed by atoms with van der Waals surface area (Å²) in [6.45, 7) is 3.91. The smallest absolute Gasteiger partial charge is 0.170 e. The minimum absolute atomic E-state index is 0.0552. The highest BCUT2D eigenvalue weighted by Gasteiger charge is 2.32. The zero-order valence-electron chi connectivity index (χ0n) is 15.2. The van der Waals surface area contributed by atoms with Crippen molar-refractivity contribution in [3.05, 3.63) is 65.0 Å².